The predicted molar refractivity (Wildman–Crippen MR) is 113 cm³/mol. The van der Waals surface area contributed by atoms with Crippen molar-refractivity contribution in [3.8, 4) is 0 Å². The Morgan fingerprint density at radius 2 is 1.84 bits per heavy atom. The van der Waals surface area contributed by atoms with E-state index < -0.39 is 18.1 Å². The molecule has 1 aromatic heterocycles. The number of halogens is 3. The maximum absolute atomic E-state index is 12.9. The Hall–Kier alpha value is -3.46. The van der Waals surface area contributed by atoms with Crippen molar-refractivity contribution in [3.05, 3.63) is 65.4 Å². The summed E-state index contributed by atoms with van der Waals surface area (Å²) in [6.45, 7) is 0. The Labute approximate surface area is 181 Å². The van der Waals surface area contributed by atoms with Crippen molar-refractivity contribution in [1.82, 2.24) is 4.57 Å². The highest BCUT2D eigenvalue weighted by molar-refractivity contribution is 6.01. The largest absolute Gasteiger partial charge is 0.471 e. The summed E-state index contributed by atoms with van der Waals surface area (Å²) in [4.78, 5) is 36.5. The van der Waals surface area contributed by atoms with Gasteiger partial charge in [-0.05, 0) is 36.6 Å². The molecule has 4 rings (SSSR count). The van der Waals surface area contributed by atoms with E-state index in [-0.39, 0.29) is 29.4 Å². The standard InChI is InChI=1S/C23H20F3N3O3/c24-23(25,26)22(32)28-14-6-3-5-13(11-14)19(30)12-16(27)21-15-7-1-2-8-17(15)29-18(21)9-4-10-20(29)31/h1-3,5-8,11,16H,4,9-10,12,27H2,(H,28,32). The lowest BCUT2D eigenvalue weighted by Gasteiger charge is -2.18. The molecule has 1 aliphatic rings. The first kappa shape index (κ1) is 21.8. The summed E-state index contributed by atoms with van der Waals surface area (Å²) in [5.74, 6) is -2.51. The van der Waals surface area contributed by atoms with Crippen LogP contribution in [0.15, 0.2) is 48.5 Å². The van der Waals surface area contributed by atoms with Crippen molar-refractivity contribution in [2.24, 2.45) is 5.73 Å². The van der Waals surface area contributed by atoms with Crippen LogP contribution >= 0.6 is 0 Å². The van der Waals surface area contributed by atoms with Gasteiger partial charge in [-0.15, -0.1) is 0 Å². The third-order valence-electron chi connectivity index (χ3n) is 5.55. The summed E-state index contributed by atoms with van der Waals surface area (Å²) in [6, 6.07) is 12.0. The molecule has 1 amide bonds. The van der Waals surface area contributed by atoms with Crippen LogP contribution in [-0.2, 0) is 11.2 Å². The fourth-order valence-corrected chi connectivity index (χ4v) is 4.17. The number of hydrogen-bond donors (Lipinski definition) is 2. The molecular formula is C23H20F3N3O3. The first-order valence-corrected chi connectivity index (χ1v) is 10.1. The van der Waals surface area contributed by atoms with Gasteiger partial charge in [0.15, 0.2) is 5.78 Å². The van der Waals surface area contributed by atoms with Gasteiger partial charge in [-0.25, -0.2) is 0 Å². The molecule has 0 radical (unpaired) electrons. The average molecular weight is 443 g/mol. The molecule has 0 saturated heterocycles. The van der Waals surface area contributed by atoms with Crippen LogP contribution in [0, 0.1) is 0 Å². The van der Waals surface area contributed by atoms with Crippen LogP contribution < -0.4 is 11.1 Å². The lowest BCUT2D eigenvalue weighted by Crippen LogP contribution is -2.30. The van der Waals surface area contributed by atoms with Gasteiger partial charge in [0.1, 0.15) is 0 Å². The number of aromatic nitrogens is 1. The molecule has 1 aliphatic heterocycles. The second-order valence-electron chi connectivity index (χ2n) is 7.73. The van der Waals surface area contributed by atoms with Gasteiger partial charge in [0.05, 0.1) is 5.52 Å². The Morgan fingerprint density at radius 3 is 2.59 bits per heavy atom. The number of ketones is 1. The summed E-state index contributed by atoms with van der Waals surface area (Å²) in [6.07, 6.45) is -3.34. The molecular weight excluding hydrogens is 423 g/mol. The molecule has 2 aromatic carbocycles. The minimum atomic E-state index is -5.03. The minimum absolute atomic E-state index is 0.0136. The molecule has 2 heterocycles. The number of nitrogens with zero attached hydrogens (tertiary/aromatic N) is 1. The quantitative estimate of drug-likeness (QED) is 0.572. The van der Waals surface area contributed by atoms with Gasteiger partial charge < -0.3 is 11.1 Å². The van der Waals surface area contributed by atoms with Gasteiger partial charge in [-0.1, -0.05) is 30.3 Å². The number of rotatable bonds is 5. The molecule has 1 atom stereocenters. The van der Waals surface area contributed by atoms with Crippen molar-refractivity contribution >= 4 is 34.2 Å². The average Bonchev–Trinajstić information content (AvgIpc) is 3.09. The molecule has 3 aromatic rings. The van der Waals surface area contributed by atoms with E-state index in [1.807, 2.05) is 24.3 Å². The zero-order valence-corrected chi connectivity index (χ0v) is 16.9. The van der Waals surface area contributed by atoms with E-state index in [2.05, 4.69) is 0 Å². The lowest BCUT2D eigenvalue weighted by atomic mass is 9.94. The fourth-order valence-electron chi connectivity index (χ4n) is 4.17. The van der Waals surface area contributed by atoms with Gasteiger partial charge >= 0.3 is 12.1 Å². The molecule has 166 valence electrons. The Morgan fingerprint density at radius 1 is 1.09 bits per heavy atom. The van der Waals surface area contributed by atoms with Crippen molar-refractivity contribution in [2.45, 2.75) is 37.9 Å². The number of para-hydroxylation sites is 1. The van der Waals surface area contributed by atoms with Gasteiger partial charge in [0.2, 0.25) is 5.91 Å². The van der Waals surface area contributed by atoms with Crippen molar-refractivity contribution in [2.75, 3.05) is 5.32 Å². The summed E-state index contributed by atoms with van der Waals surface area (Å²) >= 11 is 0. The maximum Gasteiger partial charge on any atom is 0.471 e. The third kappa shape index (κ3) is 4.03. The molecule has 0 aliphatic carbocycles. The first-order valence-electron chi connectivity index (χ1n) is 10.1. The van der Waals surface area contributed by atoms with Crippen LogP contribution in [0.2, 0.25) is 0 Å². The van der Waals surface area contributed by atoms with Gasteiger partial charge in [0, 0.05) is 41.2 Å². The minimum Gasteiger partial charge on any atom is -0.323 e. The fraction of sp³-hybridized carbons (Fsp3) is 0.261. The van der Waals surface area contributed by atoms with Crippen molar-refractivity contribution in [1.29, 1.82) is 0 Å². The smallest absolute Gasteiger partial charge is 0.323 e. The molecule has 1 unspecified atom stereocenters. The van der Waals surface area contributed by atoms with Crippen LogP contribution in [0.25, 0.3) is 10.9 Å². The van der Waals surface area contributed by atoms with Crippen LogP contribution in [0.1, 0.15) is 51.7 Å². The van der Waals surface area contributed by atoms with E-state index in [0.29, 0.717) is 19.3 Å². The van der Waals surface area contributed by atoms with E-state index in [0.717, 1.165) is 22.2 Å². The van der Waals surface area contributed by atoms with Gasteiger partial charge in [0.25, 0.3) is 0 Å². The van der Waals surface area contributed by atoms with E-state index >= 15 is 0 Å². The number of nitrogens with one attached hydrogen (secondary N) is 1. The first-order chi connectivity index (χ1) is 15.2. The van der Waals surface area contributed by atoms with Gasteiger partial charge in [-0.3, -0.25) is 19.0 Å². The highest BCUT2D eigenvalue weighted by atomic mass is 19.4. The normalized spacial score (nSPS) is 14.8. The van der Waals surface area contributed by atoms with Crippen LogP contribution in [0.3, 0.4) is 0 Å². The number of nitrogens with two attached hydrogens (primary N) is 1. The highest BCUT2D eigenvalue weighted by Gasteiger charge is 2.38. The Bertz CT molecular complexity index is 1230. The van der Waals surface area contributed by atoms with Crippen LogP contribution in [0.4, 0.5) is 18.9 Å². The molecule has 9 heteroatoms. The molecule has 6 nitrogen and oxygen atoms in total. The predicted octanol–water partition coefficient (Wildman–Crippen LogP) is 4.39. The van der Waals surface area contributed by atoms with E-state index in [1.54, 1.807) is 9.88 Å². The van der Waals surface area contributed by atoms with E-state index in [4.69, 9.17) is 5.73 Å². The summed E-state index contributed by atoms with van der Waals surface area (Å²) < 4.78 is 39.2. The number of hydrogen-bond acceptors (Lipinski definition) is 4. The van der Waals surface area contributed by atoms with Crippen molar-refractivity contribution < 1.29 is 27.6 Å². The van der Waals surface area contributed by atoms with Gasteiger partial charge in [-0.2, -0.15) is 13.2 Å². The Kier molecular flexibility index (Phi) is 5.60. The summed E-state index contributed by atoms with van der Waals surface area (Å²) in [5, 5.41) is 2.55. The molecule has 0 bridgehead atoms. The Balaban J connectivity index is 1.61. The SMILES string of the molecule is NC(CC(=O)c1cccc(NC(=O)C(F)(F)F)c1)c1c2n(c3ccccc13)C(=O)CCC2. The topological polar surface area (TPSA) is 94.2 Å². The van der Waals surface area contributed by atoms with Crippen LogP contribution in [0.5, 0.6) is 0 Å². The maximum atomic E-state index is 12.9. The highest BCUT2D eigenvalue weighted by Crippen LogP contribution is 2.35. The number of benzene rings is 2. The zero-order valence-electron chi connectivity index (χ0n) is 16.9. The zero-order chi connectivity index (χ0) is 23.0. The molecule has 0 fully saturated rings. The van der Waals surface area contributed by atoms with Crippen molar-refractivity contribution in [3.63, 3.8) is 0 Å². The van der Waals surface area contributed by atoms with Crippen LogP contribution in [-0.4, -0.2) is 28.3 Å². The third-order valence-corrected chi connectivity index (χ3v) is 5.55. The second kappa shape index (κ2) is 8.23. The molecule has 32 heavy (non-hydrogen) atoms. The molecule has 0 saturated carbocycles. The van der Waals surface area contributed by atoms with E-state index in [1.165, 1.54) is 24.3 Å². The molecule has 0 spiro atoms. The molecule has 3 N–H and O–H groups in total. The summed E-state index contributed by atoms with van der Waals surface area (Å²) in [7, 11) is 0. The number of carbonyl (C=O) groups is 3. The number of amides is 1. The monoisotopic (exact) mass is 443 g/mol. The lowest BCUT2D eigenvalue weighted by molar-refractivity contribution is -0.167. The number of anilines is 1. The number of carbonyl (C=O) groups excluding carboxylic acids is 3. The van der Waals surface area contributed by atoms with E-state index in [9.17, 15) is 27.6 Å². The number of fused-ring (bicyclic) bond motifs is 3. The number of alkyl halides is 3. The summed E-state index contributed by atoms with van der Waals surface area (Å²) in [5.41, 5.74) is 8.71. The second-order valence-corrected chi connectivity index (χ2v) is 7.73. The number of Topliss-reactive ketones (excluding diaryl/α,β-unsaturated/α-hetero) is 1.